The number of aryl methyl sites for hydroxylation is 2. The van der Waals surface area contributed by atoms with Crippen LogP contribution in [0.3, 0.4) is 0 Å². The maximum absolute atomic E-state index is 12.2. The van der Waals surface area contributed by atoms with Crippen molar-refractivity contribution in [2.24, 2.45) is 5.10 Å². The molecule has 0 aliphatic heterocycles. The summed E-state index contributed by atoms with van der Waals surface area (Å²) in [5.41, 5.74) is 7.01. The fraction of sp³-hybridized carbons (Fsp3) is 0.100. The Kier molecular flexibility index (Phi) is 5.12. The molecule has 0 bridgehead atoms. The van der Waals surface area contributed by atoms with E-state index in [2.05, 4.69) is 20.7 Å². The fourth-order valence-electron chi connectivity index (χ4n) is 2.51. The van der Waals surface area contributed by atoms with Crippen LogP contribution >= 0.6 is 0 Å². The predicted molar refractivity (Wildman–Crippen MR) is 102 cm³/mol. The first-order chi connectivity index (χ1) is 13.0. The highest BCUT2D eigenvalue weighted by atomic mass is 16.4. The first-order valence-electron chi connectivity index (χ1n) is 8.24. The maximum atomic E-state index is 12.2. The van der Waals surface area contributed by atoms with Crippen molar-refractivity contribution in [1.82, 2.24) is 15.6 Å². The number of hydrogen-bond acceptors (Lipinski definition) is 4. The minimum atomic E-state index is -1.06. The topological polar surface area (TPSA) is 107 Å². The Morgan fingerprint density at radius 3 is 2.63 bits per heavy atom. The van der Waals surface area contributed by atoms with E-state index in [4.69, 9.17) is 5.11 Å². The van der Waals surface area contributed by atoms with E-state index in [1.807, 2.05) is 32.0 Å². The molecule has 1 aromatic heterocycles. The average Bonchev–Trinajstić information content (AvgIpc) is 3.14. The summed E-state index contributed by atoms with van der Waals surface area (Å²) in [6.45, 7) is 4.05. The van der Waals surface area contributed by atoms with E-state index in [9.17, 15) is 9.59 Å². The summed E-state index contributed by atoms with van der Waals surface area (Å²) in [4.78, 5) is 23.4. The number of rotatable bonds is 5. The molecule has 0 aliphatic rings. The molecule has 0 radical (unpaired) electrons. The quantitative estimate of drug-likeness (QED) is 0.478. The second kappa shape index (κ2) is 7.65. The van der Waals surface area contributed by atoms with Crippen LogP contribution in [0.25, 0.3) is 11.3 Å². The van der Waals surface area contributed by atoms with Gasteiger partial charge in [0, 0.05) is 11.1 Å². The van der Waals surface area contributed by atoms with E-state index in [0.717, 1.165) is 11.1 Å². The van der Waals surface area contributed by atoms with Gasteiger partial charge in [-0.05, 0) is 43.2 Å². The van der Waals surface area contributed by atoms with Gasteiger partial charge in [-0.1, -0.05) is 30.3 Å². The van der Waals surface area contributed by atoms with E-state index < -0.39 is 11.9 Å². The Balaban J connectivity index is 1.71. The molecule has 7 heteroatoms. The second-order valence-electron chi connectivity index (χ2n) is 6.06. The van der Waals surface area contributed by atoms with Gasteiger partial charge in [-0.2, -0.15) is 10.2 Å². The largest absolute Gasteiger partial charge is 0.478 e. The number of nitrogens with one attached hydrogen (secondary N) is 2. The van der Waals surface area contributed by atoms with Gasteiger partial charge in [-0.3, -0.25) is 9.89 Å². The molecule has 0 spiro atoms. The zero-order chi connectivity index (χ0) is 19.4. The third-order valence-corrected chi connectivity index (χ3v) is 4.19. The Bertz CT molecular complexity index is 1040. The van der Waals surface area contributed by atoms with Crippen LogP contribution in [-0.4, -0.2) is 33.4 Å². The molecule has 0 unspecified atom stereocenters. The number of hydrazone groups is 1. The number of benzene rings is 2. The summed E-state index contributed by atoms with van der Waals surface area (Å²) < 4.78 is 0. The van der Waals surface area contributed by atoms with E-state index >= 15 is 0 Å². The molecule has 2 aromatic carbocycles. The molecule has 0 fully saturated rings. The molecule has 3 N–H and O–H groups in total. The van der Waals surface area contributed by atoms with Crippen molar-refractivity contribution in [3.05, 3.63) is 76.5 Å². The molecule has 3 aromatic rings. The van der Waals surface area contributed by atoms with Gasteiger partial charge >= 0.3 is 5.97 Å². The van der Waals surface area contributed by atoms with Crippen molar-refractivity contribution < 1.29 is 14.7 Å². The summed E-state index contributed by atoms with van der Waals surface area (Å²) in [7, 11) is 0. The van der Waals surface area contributed by atoms with E-state index in [1.54, 1.807) is 24.3 Å². The van der Waals surface area contributed by atoms with E-state index in [-0.39, 0.29) is 11.3 Å². The van der Waals surface area contributed by atoms with Gasteiger partial charge in [0.15, 0.2) is 0 Å². The number of H-pyrrole nitrogens is 1. The lowest BCUT2D eigenvalue weighted by Crippen LogP contribution is -2.18. The molecule has 0 saturated carbocycles. The van der Waals surface area contributed by atoms with Crippen LogP contribution in [0, 0.1) is 13.8 Å². The summed E-state index contributed by atoms with van der Waals surface area (Å²) in [5.74, 6) is -1.53. The number of hydrogen-bond donors (Lipinski definition) is 3. The third-order valence-electron chi connectivity index (χ3n) is 4.19. The van der Waals surface area contributed by atoms with Gasteiger partial charge < -0.3 is 5.11 Å². The Labute approximate surface area is 155 Å². The zero-order valence-electron chi connectivity index (χ0n) is 14.9. The summed E-state index contributed by atoms with van der Waals surface area (Å²) in [6, 6.07) is 14.0. The number of amides is 1. The SMILES string of the molecule is Cc1ccc(-c2cc(C(=O)NN=Cc3ccccc3C(=O)O)[nH]n2)cc1C. The van der Waals surface area contributed by atoms with Gasteiger partial charge in [0.25, 0.3) is 5.91 Å². The number of carbonyl (C=O) groups excluding carboxylic acids is 1. The molecule has 0 atom stereocenters. The minimum absolute atomic E-state index is 0.106. The number of aromatic amines is 1. The van der Waals surface area contributed by atoms with Crippen molar-refractivity contribution >= 4 is 18.1 Å². The smallest absolute Gasteiger partial charge is 0.336 e. The van der Waals surface area contributed by atoms with Crippen LogP contribution in [0.5, 0.6) is 0 Å². The number of aromatic nitrogens is 2. The van der Waals surface area contributed by atoms with Crippen LogP contribution < -0.4 is 5.43 Å². The van der Waals surface area contributed by atoms with Gasteiger partial charge in [-0.15, -0.1) is 0 Å². The summed E-state index contributed by atoms with van der Waals surface area (Å²) in [5, 5.41) is 19.8. The summed E-state index contributed by atoms with van der Waals surface area (Å²) in [6.07, 6.45) is 1.29. The first kappa shape index (κ1) is 18.1. The monoisotopic (exact) mass is 362 g/mol. The van der Waals surface area contributed by atoms with Gasteiger partial charge in [0.05, 0.1) is 17.5 Å². The van der Waals surface area contributed by atoms with Gasteiger partial charge in [-0.25, -0.2) is 10.2 Å². The lowest BCUT2D eigenvalue weighted by molar-refractivity contribution is 0.0696. The number of carboxylic acid groups (broad SMARTS) is 1. The Hall–Kier alpha value is -3.74. The molecule has 136 valence electrons. The van der Waals surface area contributed by atoms with Gasteiger partial charge in [0.2, 0.25) is 0 Å². The number of aromatic carboxylic acids is 1. The lowest BCUT2D eigenvalue weighted by Gasteiger charge is -2.01. The average molecular weight is 362 g/mol. The molecule has 7 nitrogen and oxygen atoms in total. The predicted octanol–water partition coefficient (Wildman–Crippen LogP) is 3.16. The van der Waals surface area contributed by atoms with Crippen LogP contribution in [0.2, 0.25) is 0 Å². The van der Waals surface area contributed by atoms with Crippen LogP contribution in [0.4, 0.5) is 0 Å². The highest BCUT2D eigenvalue weighted by Crippen LogP contribution is 2.20. The van der Waals surface area contributed by atoms with Crippen molar-refractivity contribution in [3.63, 3.8) is 0 Å². The molecule has 27 heavy (non-hydrogen) atoms. The van der Waals surface area contributed by atoms with Crippen LogP contribution in [0.1, 0.15) is 37.5 Å². The van der Waals surface area contributed by atoms with Crippen molar-refractivity contribution in [2.45, 2.75) is 13.8 Å². The third kappa shape index (κ3) is 4.09. The highest BCUT2D eigenvalue weighted by molar-refractivity contribution is 5.99. The molecule has 0 saturated heterocycles. The first-order valence-corrected chi connectivity index (χ1v) is 8.24. The lowest BCUT2D eigenvalue weighted by atomic mass is 10.0. The normalized spacial score (nSPS) is 10.9. The Morgan fingerprint density at radius 1 is 1.11 bits per heavy atom. The molecule has 1 amide bonds. The van der Waals surface area contributed by atoms with Crippen LogP contribution in [0.15, 0.2) is 53.6 Å². The summed E-state index contributed by atoms with van der Waals surface area (Å²) >= 11 is 0. The second-order valence-corrected chi connectivity index (χ2v) is 6.06. The van der Waals surface area contributed by atoms with E-state index in [1.165, 1.54) is 17.8 Å². The van der Waals surface area contributed by atoms with Gasteiger partial charge in [0.1, 0.15) is 5.69 Å². The molecular weight excluding hydrogens is 344 g/mol. The zero-order valence-corrected chi connectivity index (χ0v) is 14.9. The van der Waals surface area contributed by atoms with Crippen molar-refractivity contribution in [3.8, 4) is 11.3 Å². The maximum Gasteiger partial charge on any atom is 0.336 e. The molecule has 1 heterocycles. The number of carbonyl (C=O) groups is 2. The standard InChI is InChI=1S/C20H18N4O3/c1-12-7-8-14(9-13(12)2)17-10-18(23-22-17)19(25)24-21-11-15-5-3-4-6-16(15)20(26)27/h3-11H,1-2H3,(H,22,23)(H,24,25)(H,26,27). The minimum Gasteiger partial charge on any atom is -0.478 e. The number of nitrogens with zero attached hydrogens (tertiary/aromatic N) is 2. The number of carboxylic acids is 1. The molecular formula is C20H18N4O3. The van der Waals surface area contributed by atoms with Crippen LogP contribution in [-0.2, 0) is 0 Å². The molecule has 0 aliphatic carbocycles. The fourth-order valence-corrected chi connectivity index (χ4v) is 2.51. The highest BCUT2D eigenvalue weighted by Gasteiger charge is 2.11. The van der Waals surface area contributed by atoms with Crippen molar-refractivity contribution in [1.29, 1.82) is 0 Å². The van der Waals surface area contributed by atoms with Crippen molar-refractivity contribution in [2.75, 3.05) is 0 Å². The molecule has 3 rings (SSSR count). The Morgan fingerprint density at radius 2 is 1.89 bits per heavy atom. The van der Waals surface area contributed by atoms with E-state index in [0.29, 0.717) is 11.3 Å².